The molecule has 0 aromatic rings. The molecule has 318 valence electrons. The number of hydrogen-bond acceptors (Lipinski definition) is 13. The third-order valence-corrected chi connectivity index (χ3v) is 27.8. The normalized spacial score (nSPS) is 29.3. The first-order valence-electron chi connectivity index (χ1n) is 19.8. The van der Waals surface area contributed by atoms with Gasteiger partial charge in [-0.15, -0.1) is 0 Å². The summed E-state index contributed by atoms with van der Waals surface area (Å²) in [4.78, 5) is 0. The number of aliphatic hydroxyl groups excluding tert-OH is 2. The Kier molecular flexibility index (Phi) is 22.7. The predicted octanol–water partition coefficient (Wildman–Crippen LogP) is 8.20. The summed E-state index contributed by atoms with van der Waals surface area (Å²) in [6.07, 6.45) is -2.83. The fourth-order valence-electron chi connectivity index (χ4n) is 6.84. The molecule has 0 aromatic heterocycles. The molecule has 0 aliphatic carbocycles. The lowest BCUT2D eigenvalue weighted by atomic mass is 9.91. The SMILES string of the molecule is CC(C)[Si]1(C(C)C)OC[C@H]2O[C@@H]([B]P)C(OC(=S)SCC[Si](C)(C)C)[C@H]2O[Si](C(C)C)(C(C)C)O1.C[Si](C)(C)CCSC(=S)OC1[C@H]([B]P)O[C@H](CO)[C@@H]1O. The van der Waals surface area contributed by atoms with E-state index in [1.54, 1.807) is 18.8 Å². The number of rotatable bonds is 15. The van der Waals surface area contributed by atoms with Crippen molar-refractivity contribution in [3.63, 3.8) is 0 Å². The standard InChI is InChI=1S/C23H49BO5PS2Si3.C11H23BO4PS2Si/c1-15(2)34(16(3)4)25-14-19-20(28-35(29-34,17(5)6)18(7)8)21(22(24-30)26-19)27-23(31)32-12-13-33(9,10)11;1-20(2,3)5-4-19-11(18)16-9-8(14)7(6-13)15-10(9)12-17/h15-22H,12-14,30H2,1-11H3;7-10,13-14H,4-6,17H2,1-3H3/t19-,20+,21?,22-;7-,8+,9?,10-/m11/s1. The molecular formula is C34H72B2O9P2S4Si4. The van der Waals surface area contributed by atoms with Gasteiger partial charge in [-0.2, -0.15) is 18.2 Å². The molecule has 3 aliphatic rings. The highest BCUT2D eigenvalue weighted by molar-refractivity contribution is 8.23. The van der Waals surface area contributed by atoms with Gasteiger partial charge in [0.1, 0.15) is 36.6 Å². The van der Waals surface area contributed by atoms with E-state index >= 15 is 0 Å². The van der Waals surface area contributed by atoms with Crippen molar-refractivity contribution in [1.29, 1.82) is 0 Å². The van der Waals surface area contributed by atoms with Crippen LogP contribution in [0.3, 0.4) is 0 Å². The second-order valence-electron chi connectivity index (χ2n) is 18.4. The maximum Gasteiger partial charge on any atom is 0.335 e. The summed E-state index contributed by atoms with van der Waals surface area (Å²) >= 11 is 14.0. The van der Waals surface area contributed by atoms with Crippen LogP contribution in [-0.4, -0.2) is 140 Å². The molecule has 0 amide bonds. The Balaban J connectivity index is 0.000000443. The number of ether oxygens (including phenoxy) is 4. The summed E-state index contributed by atoms with van der Waals surface area (Å²) in [5, 5.41) is 19.2. The second kappa shape index (κ2) is 23.5. The molecular weight excluding hydrogens is 877 g/mol. The van der Waals surface area contributed by atoms with Gasteiger partial charge < -0.3 is 42.1 Å². The van der Waals surface area contributed by atoms with Gasteiger partial charge >= 0.3 is 17.1 Å². The lowest BCUT2D eigenvalue weighted by Gasteiger charge is -2.51. The van der Waals surface area contributed by atoms with E-state index in [1.165, 1.54) is 23.9 Å². The molecule has 3 heterocycles. The molecule has 0 aromatic carbocycles. The minimum absolute atomic E-state index is 0.214. The van der Waals surface area contributed by atoms with Crippen molar-refractivity contribution in [2.45, 2.75) is 178 Å². The molecule has 2 N–H and O–H groups in total. The minimum atomic E-state index is -2.74. The van der Waals surface area contributed by atoms with Crippen molar-refractivity contribution < 1.29 is 42.1 Å². The third-order valence-electron chi connectivity index (χ3n) is 10.2. The minimum Gasteiger partial charge on any atom is -0.470 e. The van der Waals surface area contributed by atoms with Crippen LogP contribution in [0.1, 0.15) is 55.4 Å². The van der Waals surface area contributed by atoms with E-state index in [0.29, 0.717) is 26.5 Å². The van der Waals surface area contributed by atoms with Crippen LogP contribution in [0.15, 0.2) is 0 Å². The van der Waals surface area contributed by atoms with Crippen molar-refractivity contribution in [2.24, 2.45) is 0 Å². The van der Waals surface area contributed by atoms with Crippen LogP contribution in [0.2, 0.25) is 73.5 Å². The molecule has 2 radical (unpaired) electrons. The van der Waals surface area contributed by atoms with Crippen LogP contribution in [0.4, 0.5) is 0 Å². The molecule has 3 saturated heterocycles. The fraction of sp³-hybridized carbons (Fsp3) is 0.941. The second-order valence-corrected chi connectivity index (χ2v) is 42.6. The van der Waals surface area contributed by atoms with Crippen molar-refractivity contribution >= 4 is 122 Å². The Morgan fingerprint density at radius 3 is 1.60 bits per heavy atom. The van der Waals surface area contributed by atoms with Crippen molar-refractivity contribution in [3.05, 3.63) is 0 Å². The molecule has 3 aliphatic heterocycles. The molecule has 3 fully saturated rings. The zero-order valence-electron chi connectivity index (χ0n) is 35.9. The van der Waals surface area contributed by atoms with Crippen LogP contribution >= 0.6 is 66.2 Å². The number of fused-ring (bicyclic) bond motifs is 1. The van der Waals surface area contributed by atoms with Gasteiger partial charge in [-0.05, 0) is 70.2 Å². The maximum absolute atomic E-state index is 10.1. The van der Waals surface area contributed by atoms with Crippen LogP contribution < -0.4 is 0 Å². The summed E-state index contributed by atoms with van der Waals surface area (Å²) in [5.41, 5.74) is 1.12. The zero-order valence-corrected chi connectivity index (χ0v) is 45.4. The quantitative estimate of drug-likeness (QED) is 0.0938. The largest absolute Gasteiger partial charge is 0.470 e. The van der Waals surface area contributed by atoms with Gasteiger partial charge in [-0.3, -0.25) is 0 Å². The van der Waals surface area contributed by atoms with Crippen molar-refractivity contribution in [3.8, 4) is 0 Å². The number of thiocarbonyl (C=S) groups is 2. The molecule has 0 saturated carbocycles. The Morgan fingerprint density at radius 1 is 0.764 bits per heavy atom. The summed E-state index contributed by atoms with van der Waals surface area (Å²) in [6.45, 7) is 36.0. The van der Waals surface area contributed by atoms with Gasteiger partial charge in [-0.1, -0.05) is 118 Å². The van der Waals surface area contributed by atoms with Crippen LogP contribution in [0.25, 0.3) is 0 Å². The maximum atomic E-state index is 10.1. The molecule has 9 nitrogen and oxygen atoms in total. The average Bonchev–Trinajstić information content (AvgIpc) is 3.53. The Bertz CT molecular complexity index is 1190. The van der Waals surface area contributed by atoms with Gasteiger partial charge in [0.15, 0.2) is 14.0 Å². The highest BCUT2D eigenvalue weighted by Gasteiger charge is 2.62. The Morgan fingerprint density at radius 2 is 1.20 bits per heavy atom. The lowest BCUT2D eigenvalue weighted by molar-refractivity contribution is -0.0305. The molecule has 55 heavy (non-hydrogen) atoms. The molecule has 0 bridgehead atoms. The molecule has 21 heteroatoms. The van der Waals surface area contributed by atoms with E-state index in [4.69, 9.17) is 61.5 Å². The highest BCUT2D eigenvalue weighted by atomic mass is 32.2. The summed E-state index contributed by atoms with van der Waals surface area (Å²) < 4.78 is 46.5. The van der Waals surface area contributed by atoms with Gasteiger partial charge in [0.05, 0.1) is 25.2 Å². The van der Waals surface area contributed by atoms with Gasteiger partial charge in [0.2, 0.25) is 8.77 Å². The number of aliphatic hydroxyl groups is 2. The lowest BCUT2D eigenvalue weighted by Crippen LogP contribution is -2.66. The zero-order chi connectivity index (χ0) is 42.1. The van der Waals surface area contributed by atoms with Crippen LogP contribution in [-0.2, 0) is 31.9 Å². The smallest absolute Gasteiger partial charge is 0.335 e. The van der Waals surface area contributed by atoms with Gasteiger partial charge in [-0.25, -0.2) is 0 Å². The summed E-state index contributed by atoms with van der Waals surface area (Å²) in [7, 11) is -2.38. The van der Waals surface area contributed by atoms with Crippen molar-refractivity contribution in [1.82, 2.24) is 0 Å². The van der Waals surface area contributed by atoms with Crippen LogP contribution in [0.5, 0.6) is 0 Å². The molecule has 4 unspecified atom stereocenters. The summed E-state index contributed by atoms with van der Waals surface area (Å²) in [6, 6.07) is 1.78. The first kappa shape index (κ1) is 53.2. The highest BCUT2D eigenvalue weighted by Crippen LogP contribution is 2.48. The van der Waals surface area contributed by atoms with Gasteiger partial charge in [0, 0.05) is 16.1 Å². The van der Waals surface area contributed by atoms with E-state index in [2.05, 4.69) is 113 Å². The first-order chi connectivity index (χ1) is 25.4. The van der Waals surface area contributed by atoms with Gasteiger partial charge in [0.25, 0.3) is 0 Å². The Hall–Kier alpha value is 2.06. The predicted molar refractivity (Wildman–Crippen MR) is 261 cm³/mol. The van der Waals surface area contributed by atoms with Crippen LogP contribution in [0, 0.1) is 0 Å². The summed E-state index contributed by atoms with van der Waals surface area (Å²) in [5.74, 6) is 1.93. The third kappa shape index (κ3) is 15.4. The molecule has 3 rings (SSSR count). The van der Waals surface area contributed by atoms with Crippen molar-refractivity contribution in [2.75, 3.05) is 24.7 Å². The monoisotopic (exact) mass is 948 g/mol. The molecule has 0 spiro atoms. The fourth-order valence-corrected chi connectivity index (χ4v) is 25.8. The van der Waals surface area contributed by atoms with E-state index < -0.39 is 51.6 Å². The van der Waals surface area contributed by atoms with E-state index in [-0.39, 0.29) is 48.0 Å². The first-order valence-corrected chi connectivity index (χ1v) is 35.2. The average molecular weight is 949 g/mol. The topological polar surface area (TPSA) is 105 Å². The van der Waals surface area contributed by atoms with E-state index in [9.17, 15) is 5.11 Å². The van der Waals surface area contributed by atoms with E-state index in [1.807, 2.05) is 7.00 Å². The van der Waals surface area contributed by atoms with E-state index in [0.717, 1.165) is 11.5 Å². The Labute approximate surface area is 364 Å². The molecule has 10 atom stereocenters. The number of hydrogen-bond donors (Lipinski definition) is 2. The number of thioether (sulfide) groups is 2.